The normalized spacial score (nSPS) is 14.9. The second-order valence-electron chi connectivity index (χ2n) is 3.68. The van der Waals surface area contributed by atoms with E-state index in [1.54, 1.807) is 29.7 Å². The highest BCUT2D eigenvalue weighted by Gasteiger charge is 2.12. The minimum atomic E-state index is -0.586. The zero-order chi connectivity index (χ0) is 11.4. The van der Waals surface area contributed by atoms with E-state index in [0.29, 0.717) is 12.3 Å². The second kappa shape index (κ2) is 5.30. The molecule has 2 aromatic rings. The number of hydrogen-bond donors (Lipinski definition) is 2. The molecule has 2 N–H and O–H groups in total. The summed E-state index contributed by atoms with van der Waals surface area (Å²) < 4.78 is 5.13. The average molecular weight is 237 g/mol. The van der Waals surface area contributed by atoms with Gasteiger partial charge in [0.2, 0.25) is 0 Å². The van der Waals surface area contributed by atoms with Gasteiger partial charge in [0.25, 0.3) is 0 Å². The van der Waals surface area contributed by atoms with Crippen LogP contribution in [0.2, 0.25) is 0 Å². The summed E-state index contributed by atoms with van der Waals surface area (Å²) >= 11 is 1.71. The van der Waals surface area contributed by atoms with E-state index in [4.69, 9.17) is 4.42 Å². The molecule has 0 aliphatic rings. The fourth-order valence-electron chi connectivity index (χ4n) is 1.51. The topological polar surface area (TPSA) is 45.4 Å². The Morgan fingerprint density at radius 2 is 2.31 bits per heavy atom. The van der Waals surface area contributed by atoms with E-state index in [2.05, 4.69) is 23.7 Å². The van der Waals surface area contributed by atoms with Crippen LogP contribution in [0.1, 0.15) is 29.7 Å². The molecule has 0 aliphatic carbocycles. The fourth-order valence-corrected chi connectivity index (χ4v) is 2.27. The van der Waals surface area contributed by atoms with E-state index in [-0.39, 0.29) is 6.04 Å². The Balaban J connectivity index is 1.84. The average Bonchev–Trinajstić information content (AvgIpc) is 2.95. The maximum atomic E-state index is 9.80. The Labute approximate surface area is 98.7 Å². The number of furan rings is 1. The molecule has 2 heterocycles. The van der Waals surface area contributed by atoms with Crippen molar-refractivity contribution >= 4 is 11.3 Å². The Kier molecular flexibility index (Phi) is 3.77. The van der Waals surface area contributed by atoms with Gasteiger partial charge >= 0.3 is 0 Å². The van der Waals surface area contributed by atoms with Crippen molar-refractivity contribution in [2.45, 2.75) is 19.1 Å². The molecule has 0 spiro atoms. The molecule has 0 amide bonds. The highest BCUT2D eigenvalue weighted by molar-refractivity contribution is 7.10. The van der Waals surface area contributed by atoms with Crippen LogP contribution in [0, 0.1) is 0 Å². The van der Waals surface area contributed by atoms with Crippen LogP contribution in [0.25, 0.3) is 0 Å². The van der Waals surface area contributed by atoms with Crippen LogP contribution in [-0.2, 0) is 0 Å². The molecule has 4 heteroatoms. The van der Waals surface area contributed by atoms with Crippen molar-refractivity contribution in [3.05, 3.63) is 46.5 Å². The third-order valence-corrected chi connectivity index (χ3v) is 3.51. The molecule has 0 bridgehead atoms. The Morgan fingerprint density at radius 3 is 2.94 bits per heavy atom. The van der Waals surface area contributed by atoms with Crippen LogP contribution in [-0.4, -0.2) is 11.7 Å². The third-order valence-electron chi connectivity index (χ3n) is 2.46. The minimum absolute atomic E-state index is 0.254. The first-order valence-corrected chi connectivity index (χ1v) is 6.13. The van der Waals surface area contributed by atoms with Crippen LogP contribution in [0.4, 0.5) is 0 Å². The molecule has 16 heavy (non-hydrogen) atoms. The summed E-state index contributed by atoms with van der Waals surface area (Å²) in [5.74, 6) is 0.603. The van der Waals surface area contributed by atoms with Gasteiger partial charge in [-0.1, -0.05) is 6.07 Å². The fraction of sp³-hybridized carbons (Fsp3) is 0.333. The van der Waals surface area contributed by atoms with Crippen molar-refractivity contribution in [1.82, 2.24) is 5.32 Å². The summed E-state index contributed by atoms with van der Waals surface area (Å²) in [6, 6.07) is 7.93. The lowest BCUT2D eigenvalue weighted by molar-refractivity contribution is 0.144. The first-order chi connectivity index (χ1) is 7.77. The van der Waals surface area contributed by atoms with Crippen LogP contribution < -0.4 is 5.32 Å². The van der Waals surface area contributed by atoms with Crippen molar-refractivity contribution in [2.24, 2.45) is 0 Å². The molecule has 0 saturated heterocycles. The molecule has 0 fully saturated rings. The molecular weight excluding hydrogens is 222 g/mol. The van der Waals surface area contributed by atoms with Gasteiger partial charge in [-0.25, -0.2) is 0 Å². The standard InChI is InChI=1S/C12H15NO2S/c1-9(12-5-3-7-16-12)13-8-10(14)11-4-2-6-15-11/h2-7,9-10,13-14H,8H2,1H3/t9-,10?/m1/s1. The maximum absolute atomic E-state index is 9.80. The van der Waals surface area contributed by atoms with Gasteiger partial charge in [-0.3, -0.25) is 0 Å². The van der Waals surface area contributed by atoms with Gasteiger partial charge in [-0.15, -0.1) is 11.3 Å². The van der Waals surface area contributed by atoms with Crippen LogP contribution in [0.15, 0.2) is 40.3 Å². The number of aliphatic hydroxyl groups excluding tert-OH is 1. The molecule has 0 aromatic carbocycles. The molecule has 2 aromatic heterocycles. The van der Waals surface area contributed by atoms with Crippen LogP contribution in [0.3, 0.4) is 0 Å². The lowest BCUT2D eigenvalue weighted by atomic mass is 10.2. The number of rotatable bonds is 5. The number of nitrogens with one attached hydrogen (secondary N) is 1. The van der Waals surface area contributed by atoms with Gasteiger partial charge in [-0.05, 0) is 30.5 Å². The lowest BCUT2D eigenvalue weighted by Crippen LogP contribution is -2.23. The third kappa shape index (κ3) is 2.72. The van der Waals surface area contributed by atoms with Crippen molar-refractivity contribution in [3.8, 4) is 0 Å². The molecule has 0 radical (unpaired) electrons. The summed E-state index contributed by atoms with van der Waals surface area (Å²) in [7, 11) is 0. The van der Waals surface area contributed by atoms with E-state index in [1.165, 1.54) is 4.88 Å². The Hall–Kier alpha value is -1.10. The predicted octanol–water partition coefficient (Wildman–Crippen LogP) is 2.73. The zero-order valence-corrected chi connectivity index (χ0v) is 9.91. The van der Waals surface area contributed by atoms with Gasteiger partial charge in [0, 0.05) is 17.5 Å². The van der Waals surface area contributed by atoms with Gasteiger partial charge in [0.15, 0.2) is 0 Å². The maximum Gasteiger partial charge on any atom is 0.133 e. The number of aliphatic hydroxyl groups is 1. The van der Waals surface area contributed by atoms with E-state index in [0.717, 1.165) is 0 Å². The molecule has 86 valence electrons. The summed E-state index contributed by atoms with van der Waals surface area (Å²) in [6.07, 6.45) is 0.985. The van der Waals surface area contributed by atoms with Crippen molar-refractivity contribution in [1.29, 1.82) is 0 Å². The van der Waals surface area contributed by atoms with Crippen molar-refractivity contribution in [3.63, 3.8) is 0 Å². The summed E-state index contributed by atoms with van der Waals surface area (Å²) in [5, 5.41) is 15.1. The quantitative estimate of drug-likeness (QED) is 0.840. The van der Waals surface area contributed by atoms with Gasteiger partial charge in [0.1, 0.15) is 11.9 Å². The monoisotopic (exact) mass is 237 g/mol. The minimum Gasteiger partial charge on any atom is -0.467 e. The van der Waals surface area contributed by atoms with Gasteiger partial charge < -0.3 is 14.8 Å². The summed E-state index contributed by atoms with van der Waals surface area (Å²) in [5.41, 5.74) is 0. The first kappa shape index (κ1) is 11.4. The largest absolute Gasteiger partial charge is 0.467 e. The van der Waals surface area contributed by atoms with Crippen LogP contribution >= 0.6 is 11.3 Å². The number of hydrogen-bond acceptors (Lipinski definition) is 4. The highest BCUT2D eigenvalue weighted by Crippen LogP contribution is 2.19. The van der Waals surface area contributed by atoms with E-state index < -0.39 is 6.10 Å². The first-order valence-electron chi connectivity index (χ1n) is 5.25. The Bertz CT molecular complexity index is 356. The SMILES string of the molecule is C[C@@H](NCC(O)c1ccco1)c1cccs1. The smallest absolute Gasteiger partial charge is 0.133 e. The van der Waals surface area contributed by atoms with Gasteiger partial charge in [-0.2, -0.15) is 0 Å². The summed E-state index contributed by atoms with van der Waals surface area (Å²) in [6.45, 7) is 2.58. The lowest BCUT2D eigenvalue weighted by Gasteiger charge is -2.14. The zero-order valence-electron chi connectivity index (χ0n) is 9.09. The van der Waals surface area contributed by atoms with E-state index >= 15 is 0 Å². The van der Waals surface area contributed by atoms with Crippen molar-refractivity contribution in [2.75, 3.05) is 6.54 Å². The predicted molar refractivity (Wildman–Crippen MR) is 64.4 cm³/mol. The van der Waals surface area contributed by atoms with E-state index in [1.807, 2.05) is 6.07 Å². The molecule has 0 aliphatic heterocycles. The molecule has 3 nitrogen and oxygen atoms in total. The number of thiophene rings is 1. The molecule has 2 rings (SSSR count). The van der Waals surface area contributed by atoms with Crippen LogP contribution in [0.5, 0.6) is 0 Å². The molecule has 2 atom stereocenters. The second-order valence-corrected chi connectivity index (χ2v) is 4.66. The van der Waals surface area contributed by atoms with Crippen molar-refractivity contribution < 1.29 is 9.52 Å². The molecule has 1 unspecified atom stereocenters. The van der Waals surface area contributed by atoms with E-state index in [9.17, 15) is 5.11 Å². The highest BCUT2D eigenvalue weighted by atomic mass is 32.1. The van der Waals surface area contributed by atoms with Gasteiger partial charge in [0.05, 0.1) is 6.26 Å². The summed E-state index contributed by atoms with van der Waals surface area (Å²) in [4.78, 5) is 1.27. The molecular formula is C12H15NO2S. The Morgan fingerprint density at radius 1 is 1.44 bits per heavy atom. The molecule has 0 saturated carbocycles.